The number of ether oxygens (including phenoxy) is 2. The summed E-state index contributed by atoms with van der Waals surface area (Å²) in [6, 6.07) is 12.1. The van der Waals surface area contributed by atoms with Crippen LogP contribution in [0.1, 0.15) is 16.5 Å². The fourth-order valence-corrected chi connectivity index (χ4v) is 3.31. The van der Waals surface area contributed by atoms with Gasteiger partial charge in [-0.3, -0.25) is 0 Å². The Labute approximate surface area is 131 Å². The lowest BCUT2D eigenvalue weighted by Crippen LogP contribution is -2.17. The first-order chi connectivity index (χ1) is 9.72. The minimum Gasteiger partial charge on any atom is -0.484 e. The first kappa shape index (κ1) is 15.5. The maximum absolute atomic E-state index is 5.96. The summed E-state index contributed by atoms with van der Waals surface area (Å²) in [6.07, 6.45) is 0.811. The van der Waals surface area contributed by atoms with Gasteiger partial charge in [0, 0.05) is 18.5 Å². The largest absolute Gasteiger partial charge is 0.484 e. The molecule has 1 heterocycles. The third kappa shape index (κ3) is 4.31. The molecule has 1 unspecified atom stereocenters. The molecule has 0 fully saturated rings. The van der Waals surface area contributed by atoms with Crippen LogP contribution < -0.4 is 10.5 Å². The summed E-state index contributed by atoms with van der Waals surface area (Å²) in [7, 11) is 1.71. The van der Waals surface area contributed by atoms with E-state index in [4.69, 9.17) is 15.2 Å². The molecule has 0 aliphatic carbocycles. The van der Waals surface area contributed by atoms with Gasteiger partial charge < -0.3 is 15.2 Å². The maximum Gasteiger partial charge on any atom is 0.145 e. The molecular weight excluding hydrogens is 338 g/mol. The van der Waals surface area contributed by atoms with E-state index in [1.807, 2.05) is 24.3 Å². The molecule has 1 aromatic carbocycles. The summed E-state index contributed by atoms with van der Waals surface area (Å²) in [5.41, 5.74) is 7.05. The minimum absolute atomic E-state index is 0.101. The molecule has 2 N–H and O–H groups in total. The fourth-order valence-electron chi connectivity index (χ4n) is 1.84. The molecule has 2 aromatic rings. The lowest BCUT2D eigenvalue weighted by atomic mass is 10.1. The van der Waals surface area contributed by atoms with Crippen molar-refractivity contribution in [2.75, 3.05) is 20.3 Å². The number of benzene rings is 1. The van der Waals surface area contributed by atoms with E-state index in [-0.39, 0.29) is 6.10 Å². The Balaban J connectivity index is 2.00. The maximum atomic E-state index is 5.96. The highest BCUT2D eigenvalue weighted by Crippen LogP contribution is 2.30. The normalized spacial score (nSPS) is 12.3. The van der Waals surface area contributed by atoms with Crippen LogP contribution in [-0.2, 0) is 11.2 Å². The Morgan fingerprint density at radius 3 is 2.50 bits per heavy atom. The van der Waals surface area contributed by atoms with E-state index in [0.717, 1.165) is 27.4 Å². The zero-order chi connectivity index (χ0) is 14.4. The standard InChI is InChI=1S/C15H18BrNO2S/c1-18-9-8-11-2-4-12(5-3-11)19-13(10-17)14-6-7-15(16)20-14/h2-7,13H,8-10,17H2,1H3. The number of hydrogen-bond acceptors (Lipinski definition) is 4. The molecule has 108 valence electrons. The number of halogens is 1. The van der Waals surface area contributed by atoms with Crippen molar-refractivity contribution in [1.82, 2.24) is 0 Å². The molecule has 3 nitrogen and oxygen atoms in total. The van der Waals surface area contributed by atoms with E-state index in [1.165, 1.54) is 5.56 Å². The zero-order valence-electron chi connectivity index (χ0n) is 11.3. The van der Waals surface area contributed by atoms with Crippen LogP contribution >= 0.6 is 27.3 Å². The van der Waals surface area contributed by atoms with Gasteiger partial charge in [-0.25, -0.2) is 0 Å². The minimum atomic E-state index is -0.101. The van der Waals surface area contributed by atoms with Gasteiger partial charge in [0.25, 0.3) is 0 Å². The van der Waals surface area contributed by atoms with Crippen LogP contribution in [0.4, 0.5) is 0 Å². The van der Waals surface area contributed by atoms with E-state index < -0.39 is 0 Å². The highest BCUT2D eigenvalue weighted by Gasteiger charge is 2.13. The lowest BCUT2D eigenvalue weighted by Gasteiger charge is -2.16. The molecular formula is C15H18BrNO2S. The second-order valence-electron chi connectivity index (χ2n) is 4.37. The predicted octanol–water partition coefficient (Wildman–Crippen LogP) is 3.78. The second kappa shape index (κ2) is 7.78. The third-order valence-electron chi connectivity index (χ3n) is 2.92. The van der Waals surface area contributed by atoms with Crippen molar-refractivity contribution in [2.45, 2.75) is 12.5 Å². The molecule has 0 aliphatic rings. The molecule has 0 aliphatic heterocycles. The molecule has 0 saturated carbocycles. The number of hydrogen-bond donors (Lipinski definition) is 1. The molecule has 20 heavy (non-hydrogen) atoms. The van der Waals surface area contributed by atoms with Crippen LogP contribution in [0.5, 0.6) is 5.75 Å². The fraction of sp³-hybridized carbons (Fsp3) is 0.333. The van der Waals surface area contributed by atoms with Crippen molar-refractivity contribution < 1.29 is 9.47 Å². The van der Waals surface area contributed by atoms with Crippen molar-refractivity contribution in [3.05, 3.63) is 50.6 Å². The van der Waals surface area contributed by atoms with Crippen LogP contribution in [0, 0.1) is 0 Å². The third-order valence-corrected chi connectivity index (χ3v) is 4.64. The Bertz CT molecular complexity index is 527. The van der Waals surface area contributed by atoms with Crippen LogP contribution in [0.15, 0.2) is 40.2 Å². The number of thiophene rings is 1. The van der Waals surface area contributed by atoms with Gasteiger partial charge in [0.1, 0.15) is 11.9 Å². The second-order valence-corrected chi connectivity index (χ2v) is 6.87. The van der Waals surface area contributed by atoms with E-state index in [1.54, 1.807) is 18.4 Å². The van der Waals surface area contributed by atoms with Crippen molar-refractivity contribution in [2.24, 2.45) is 5.73 Å². The van der Waals surface area contributed by atoms with Crippen molar-refractivity contribution in [1.29, 1.82) is 0 Å². The van der Waals surface area contributed by atoms with E-state index in [0.29, 0.717) is 6.54 Å². The highest BCUT2D eigenvalue weighted by atomic mass is 79.9. The lowest BCUT2D eigenvalue weighted by molar-refractivity contribution is 0.202. The van der Waals surface area contributed by atoms with Gasteiger partial charge in [-0.05, 0) is 52.2 Å². The summed E-state index contributed by atoms with van der Waals surface area (Å²) in [5.74, 6) is 0.839. The number of nitrogens with two attached hydrogens (primary N) is 1. The van der Waals surface area contributed by atoms with Gasteiger partial charge in [0.05, 0.1) is 10.4 Å². The molecule has 0 spiro atoms. The topological polar surface area (TPSA) is 44.5 Å². The molecule has 5 heteroatoms. The summed E-state index contributed by atoms with van der Waals surface area (Å²) in [5, 5.41) is 0. The molecule has 2 rings (SSSR count). The Morgan fingerprint density at radius 2 is 1.95 bits per heavy atom. The molecule has 0 amide bonds. The van der Waals surface area contributed by atoms with Gasteiger partial charge in [-0.2, -0.15) is 0 Å². The van der Waals surface area contributed by atoms with E-state index in [9.17, 15) is 0 Å². The summed E-state index contributed by atoms with van der Waals surface area (Å²) in [4.78, 5) is 1.13. The Kier molecular flexibility index (Phi) is 6.04. The summed E-state index contributed by atoms with van der Waals surface area (Å²) < 4.78 is 12.1. The quantitative estimate of drug-likeness (QED) is 0.821. The average Bonchev–Trinajstić information content (AvgIpc) is 2.90. The van der Waals surface area contributed by atoms with Crippen LogP contribution in [0.2, 0.25) is 0 Å². The van der Waals surface area contributed by atoms with Gasteiger partial charge in [-0.15, -0.1) is 11.3 Å². The van der Waals surface area contributed by atoms with Crippen LogP contribution in [-0.4, -0.2) is 20.3 Å². The molecule has 0 bridgehead atoms. The van der Waals surface area contributed by atoms with Gasteiger partial charge in [0.2, 0.25) is 0 Å². The summed E-state index contributed by atoms with van der Waals surface area (Å²) >= 11 is 5.11. The van der Waals surface area contributed by atoms with Crippen LogP contribution in [0.25, 0.3) is 0 Å². The van der Waals surface area contributed by atoms with Crippen molar-refractivity contribution in [3.63, 3.8) is 0 Å². The smallest absolute Gasteiger partial charge is 0.145 e. The number of methoxy groups -OCH3 is 1. The first-order valence-corrected chi connectivity index (χ1v) is 8.03. The van der Waals surface area contributed by atoms with Crippen molar-refractivity contribution >= 4 is 27.3 Å². The SMILES string of the molecule is COCCc1ccc(OC(CN)c2ccc(Br)s2)cc1. The van der Waals surface area contributed by atoms with Crippen molar-refractivity contribution in [3.8, 4) is 5.75 Å². The molecule has 0 radical (unpaired) electrons. The Morgan fingerprint density at radius 1 is 1.20 bits per heavy atom. The van der Waals surface area contributed by atoms with E-state index in [2.05, 4.69) is 28.1 Å². The van der Waals surface area contributed by atoms with Gasteiger partial charge in [-0.1, -0.05) is 12.1 Å². The first-order valence-electron chi connectivity index (χ1n) is 6.42. The molecule has 0 saturated heterocycles. The van der Waals surface area contributed by atoms with Gasteiger partial charge >= 0.3 is 0 Å². The Hall–Kier alpha value is -0.880. The molecule has 1 atom stereocenters. The monoisotopic (exact) mass is 355 g/mol. The highest BCUT2D eigenvalue weighted by molar-refractivity contribution is 9.11. The zero-order valence-corrected chi connectivity index (χ0v) is 13.7. The number of rotatable bonds is 7. The summed E-state index contributed by atoms with van der Waals surface area (Å²) in [6.45, 7) is 1.19. The average molecular weight is 356 g/mol. The van der Waals surface area contributed by atoms with Crippen LogP contribution in [0.3, 0.4) is 0 Å². The predicted molar refractivity (Wildman–Crippen MR) is 86.5 cm³/mol. The van der Waals surface area contributed by atoms with Gasteiger partial charge in [0.15, 0.2) is 0 Å². The van der Waals surface area contributed by atoms with E-state index >= 15 is 0 Å². The molecule has 1 aromatic heterocycles.